The molecule has 2 rings (SSSR count). The zero-order valence-corrected chi connectivity index (χ0v) is 13.9. The van der Waals surface area contributed by atoms with Crippen LogP contribution >= 0.6 is 69.6 Å². The largest absolute Gasteiger partial charge is 0.505 e. The Labute approximate surface area is 144 Å². The van der Waals surface area contributed by atoms with Crippen molar-refractivity contribution in [2.75, 3.05) is 0 Å². The molecule has 0 saturated heterocycles. The van der Waals surface area contributed by atoms with E-state index >= 15 is 0 Å². The van der Waals surface area contributed by atoms with Gasteiger partial charge in [0.15, 0.2) is 11.5 Å². The van der Waals surface area contributed by atoms with Gasteiger partial charge in [0, 0.05) is 0 Å². The number of ether oxygens (including phenoxy) is 1. The monoisotopic (exact) mass is 390 g/mol. The number of hydrogen-bond donors (Lipinski definition) is 1. The Morgan fingerprint density at radius 2 is 1.30 bits per heavy atom. The predicted molar refractivity (Wildman–Crippen MR) is 84.7 cm³/mol. The summed E-state index contributed by atoms with van der Waals surface area (Å²) in [6.07, 6.45) is 0. The van der Waals surface area contributed by atoms with Crippen molar-refractivity contribution in [1.82, 2.24) is 0 Å². The van der Waals surface area contributed by atoms with E-state index < -0.39 is 5.75 Å². The molecule has 0 spiro atoms. The molecule has 0 aliphatic carbocycles. The molecule has 1 N–H and O–H groups in total. The Kier molecular flexibility index (Phi) is 5.06. The topological polar surface area (TPSA) is 29.5 Å². The van der Waals surface area contributed by atoms with Crippen molar-refractivity contribution in [3.8, 4) is 17.2 Å². The molecule has 2 nitrogen and oxygen atoms in total. The molecule has 0 amide bonds. The molecule has 0 bridgehead atoms. The molecule has 0 aliphatic heterocycles. The van der Waals surface area contributed by atoms with E-state index in [1.807, 2.05) is 0 Å². The Hall–Kier alpha value is -0.220. The van der Waals surface area contributed by atoms with Crippen LogP contribution in [0.5, 0.6) is 17.2 Å². The van der Waals surface area contributed by atoms with Gasteiger partial charge >= 0.3 is 0 Å². The maximum atomic E-state index is 9.62. The molecule has 0 heterocycles. The first-order valence-corrected chi connectivity index (χ1v) is 7.28. The van der Waals surface area contributed by atoms with E-state index in [0.717, 1.165) is 0 Å². The third-order valence-electron chi connectivity index (χ3n) is 2.33. The number of benzene rings is 2. The van der Waals surface area contributed by atoms with Crippen LogP contribution < -0.4 is 4.74 Å². The molecule has 2 aromatic rings. The number of halogens is 6. The smallest absolute Gasteiger partial charge is 0.168 e. The van der Waals surface area contributed by atoms with Crippen molar-refractivity contribution in [1.29, 1.82) is 0 Å². The summed E-state index contributed by atoms with van der Waals surface area (Å²) < 4.78 is 5.51. The molecule has 2 aromatic carbocycles. The van der Waals surface area contributed by atoms with E-state index in [1.54, 1.807) is 18.2 Å². The first kappa shape index (κ1) is 16.2. The van der Waals surface area contributed by atoms with E-state index in [-0.39, 0.29) is 36.6 Å². The highest BCUT2D eigenvalue weighted by molar-refractivity contribution is 6.50. The quantitative estimate of drug-likeness (QED) is 0.552. The van der Waals surface area contributed by atoms with Gasteiger partial charge in [-0.3, -0.25) is 0 Å². The molecular weight excluding hydrogens is 389 g/mol. The van der Waals surface area contributed by atoms with E-state index in [1.165, 1.54) is 0 Å². The normalized spacial score (nSPS) is 10.7. The number of rotatable bonds is 2. The fraction of sp³-hybridized carbons (Fsp3) is 0. The highest BCUT2D eigenvalue weighted by Crippen LogP contribution is 2.51. The summed E-state index contributed by atoms with van der Waals surface area (Å²) in [6.45, 7) is 0. The molecule has 0 radical (unpaired) electrons. The molecular formula is C12H4Cl6O2. The number of aromatic hydroxyl groups is 1. The molecule has 0 aliphatic rings. The van der Waals surface area contributed by atoms with Crippen LogP contribution in [0, 0.1) is 0 Å². The van der Waals surface area contributed by atoms with Crippen LogP contribution in [0.2, 0.25) is 30.1 Å². The lowest BCUT2D eigenvalue weighted by molar-refractivity contribution is 0.465. The Balaban J connectivity index is 2.57. The fourth-order valence-corrected chi connectivity index (χ4v) is 2.60. The Bertz CT molecular complexity index is 657. The molecule has 0 atom stereocenters. The van der Waals surface area contributed by atoms with Gasteiger partial charge in [-0.2, -0.15) is 0 Å². The highest BCUT2D eigenvalue weighted by atomic mass is 35.5. The van der Waals surface area contributed by atoms with Crippen molar-refractivity contribution in [2.45, 2.75) is 0 Å². The Morgan fingerprint density at radius 1 is 0.750 bits per heavy atom. The van der Waals surface area contributed by atoms with Crippen LogP contribution in [-0.4, -0.2) is 5.11 Å². The van der Waals surface area contributed by atoms with E-state index in [9.17, 15) is 5.11 Å². The van der Waals surface area contributed by atoms with Gasteiger partial charge in [0.2, 0.25) is 0 Å². The van der Waals surface area contributed by atoms with Gasteiger partial charge in [-0.15, -0.1) is 0 Å². The highest BCUT2D eigenvalue weighted by Gasteiger charge is 2.22. The zero-order valence-electron chi connectivity index (χ0n) is 9.36. The van der Waals surface area contributed by atoms with E-state index in [0.29, 0.717) is 5.02 Å². The summed E-state index contributed by atoms with van der Waals surface area (Å²) in [5, 5.41) is 9.58. The van der Waals surface area contributed by atoms with Crippen LogP contribution in [0.1, 0.15) is 0 Å². The maximum Gasteiger partial charge on any atom is 0.168 e. The van der Waals surface area contributed by atoms with Crippen molar-refractivity contribution in [3.05, 3.63) is 48.3 Å². The number of phenols is 1. The lowest BCUT2D eigenvalue weighted by atomic mass is 10.3. The average Bonchev–Trinajstić information content (AvgIpc) is 2.43. The third kappa shape index (κ3) is 2.87. The zero-order chi connectivity index (χ0) is 15.0. The SMILES string of the molecule is Oc1c(Cl)c(Cl)c(Oc2cccc(Cl)c2Cl)c(Cl)c1Cl. The average molecular weight is 393 g/mol. The molecule has 0 aromatic heterocycles. The number of phenolic OH excluding ortho intramolecular Hbond substituents is 1. The lowest BCUT2D eigenvalue weighted by Crippen LogP contribution is -1.90. The van der Waals surface area contributed by atoms with Gasteiger partial charge in [0.05, 0.1) is 5.02 Å². The van der Waals surface area contributed by atoms with Crippen LogP contribution in [0.25, 0.3) is 0 Å². The second kappa shape index (κ2) is 6.27. The summed E-state index contributed by atoms with van der Waals surface area (Å²) >= 11 is 35.5. The summed E-state index contributed by atoms with van der Waals surface area (Å²) in [7, 11) is 0. The van der Waals surface area contributed by atoms with Gasteiger partial charge in [-0.25, -0.2) is 0 Å². The molecule has 106 valence electrons. The summed E-state index contributed by atoms with van der Waals surface area (Å²) in [4.78, 5) is 0. The van der Waals surface area contributed by atoms with Crippen LogP contribution in [0.4, 0.5) is 0 Å². The summed E-state index contributed by atoms with van der Waals surface area (Å²) in [5.74, 6) is -0.223. The van der Waals surface area contributed by atoms with Gasteiger partial charge in [0.25, 0.3) is 0 Å². The van der Waals surface area contributed by atoms with Crippen molar-refractivity contribution in [3.63, 3.8) is 0 Å². The molecule has 0 fully saturated rings. The second-order valence-corrected chi connectivity index (χ2v) is 5.88. The van der Waals surface area contributed by atoms with E-state index in [2.05, 4.69) is 0 Å². The third-order valence-corrected chi connectivity index (χ3v) is 4.78. The van der Waals surface area contributed by atoms with Crippen LogP contribution in [-0.2, 0) is 0 Å². The van der Waals surface area contributed by atoms with Crippen molar-refractivity contribution >= 4 is 69.6 Å². The minimum atomic E-state index is -0.423. The van der Waals surface area contributed by atoms with Gasteiger partial charge in [-0.05, 0) is 12.1 Å². The van der Waals surface area contributed by atoms with Crippen molar-refractivity contribution < 1.29 is 9.84 Å². The molecule has 0 unspecified atom stereocenters. The first-order valence-electron chi connectivity index (χ1n) is 5.01. The predicted octanol–water partition coefficient (Wildman–Crippen LogP) is 7.10. The first-order chi connectivity index (χ1) is 9.34. The van der Waals surface area contributed by atoms with Gasteiger partial charge in [-0.1, -0.05) is 75.7 Å². The fourth-order valence-electron chi connectivity index (χ4n) is 1.36. The minimum absolute atomic E-state index is 0.0229. The van der Waals surface area contributed by atoms with Crippen molar-refractivity contribution in [2.24, 2.45) is 0 Å². The molecule has 20 heavy (non-hydrogen) atoms. The van der Waals surface area contributed by atoms with Crippen LogP contribution in [0.3, 0.4) is 0 Å². The van der Waals surface area contributed by atoms with Crippen LogP contribution in [0.15, 0.2) is 18.2 Å². The standard InChI is InChI=1S/C12H4Cl6O2/c13-4-2-1-3-5(6(4)14)20-12-9(17)7(15)11(19)8(16)10(12)18/h1-3,19H. The van der Waals surface area contributed by atoms with Gasteiger partial charge < -0.3 is 9.84 Å². The molecule has 8 heteroatoms. The van der Waals surface area contributed by atoms with E-state index in [4.69, 9.17) is 74.3 Å². The summed E-state index contributed by atoms with van der Waals surface area (Å²) in [5.41, 5.74) is 0. The number of hydrogen-bond acceptors (Lipinski definition) is 2. The lowest BCUT2D eigenvalue weighted by Gasteiger charge is -2.14. The second-order valence-electron chi connectivity index (χ2n) is 3.59. The molecule has 0 saturated carbocycles. The minimum Gasteiger partial charge on any atom is -0.505 e. The maximum absolute atomic E-state index is 9.62. The summed E-state index contributed by atoms with van der Waals surface area (Å²) in [6, 6.07) is 4.79. The Morgan fingerprint density at radius 3 is 1.85 bits per heavy atom. The van der Waals surface area contributed by atoms with Gasteiger partial charge in [0.1, 0.15) is 30.9 Å².